The highest BCUT2D eigenvalue weighted by Gasteiger charge is 2.11. The van der Waals surface area contributed by atoms with Gasteiger partial charge in [-0.05, 0) is 17.7 Å². The first kappa shape index (κ1) is 11.0. The van der Waals surface area contributed by atoms with E-state index in [0.717, 1.165) is 6.07 Å². The van der Waals surface area contributed by atoms with Crippen LogP contribution < -0.4 is 5.73 Å². The lowest BCUT2D eigenvalue weighted by Crippen LogP contribution is -2.07. The molecule has 0 amide bonds. The van der Waals surface area contributed by atoms with E-state index in [2.05, 4.69) is 4.74 Å². The van der Waals surface area contributed by atoms with Gasteiger partial charge in [0.2, 0.25) is 0 Å². The second-order valence-electron chi connectivity index (χ2n) is 2.90. The van der Waals surface area contributed by atoms with Crippen molar-refractivity contribution in [3.63, 3.8) is 0 Å². The van der Waals surface area contributed by atoms with E-state index < -0.39 is 11.8 Å². The van der Waals surface area contributed by atoms with E-state index in [4.69, 9.17) is 11.0 Å². The van der Waals surface area contributed by atoms with Crippen molar-refractivity contribution in [2.45, 2.75) is 6.42 Å². The van der Waals surface area contributed by atoms with Crippen molar-refractivity contribution < 1.29 is 13.9 Å². The van der Waals surface area contributed by atoms with Crippen LogP contribution in [0.2, 0.25) is 0 Å². The van der Waals surface area contributed by atoms with E-state index in [1.165, 1.54) is 13.2 Å². The number of anilines is 1. The molecule has 78 valence electrons. The lowest BCUT2D eigenvalue weighted by molar-refractivity contribution is -0.139. The molecule has 1 aromatic carbocycles. The first-order valence-corrected chi connectivity index (χ1v) is 4.13. The number of carbonyl (C=O) groups is 1. The van der Waals surface area contributed by atoms with Crippen molar-refractivity contribution in [1.82, 2.24) is 0 Å². The van der Waals surface area contributed by atoms with E-state index >= 15 is 0 Å². The number of ether oxygens (including phenoxy) is 1. The fourth-order valence-electron chi connectivity index (χ4n) is 1.11. The topological polar surface area (TPSA) is 76.1 Å². The maximum absolute atomic E-state index is 13.1. The number of halogens is 1. The van der Waals surface area contributed by atoms with Crippen LogP contribution in [0.15, 0.2) is 12.1 Å². The second kappa shape index (κ2) is 4.42. The van der Waals surface area contributed by atoms with Crippen LogP contribution in [0.25, 0.3) is 0 Å². The number of benzene rings is 1. The maximum Gasteiger partial charge on any atom is 0.310 e. The summed E-state index contributed by atoms with van der Waals surface area (Å²) in [5, 5.41) is 8.74. The predicted molar refractivity (Wildman–Crippen MR) is 51.2 cm³/mol. The summed E-state index contributed by atoms with van der Waals surface area (Å²) < 4.78 is 17.5. The minimum atomic E-state index is -0.645. The molecule has 0 fully saturated rings. The average molecular weight is 208 g/mol. The molecule has 0 bridgehead atoms. The fourth-order valence-corrected chi connectivity index (χ4v) is 1.11. The van der Waals surface area contributed by atoms with Gasteiger partial charge in [-0.2, -0.15) is 5.26 Å². The summed E-state index contributed by atoms with van der Waals surface area (Å²) in [6.07, 6.45) is -0.142. The Hall–Kier alpha value is -2.09. The van der Waals surface area contributed by atoms with Gasteiger partial charge in [-0.25, -0.2) is 4.39 Å². The molecule has 1 aromatic rings. The highest BCUT2D eigenvalue weighted by Crippen LogP contribution is 2.17. The van der Waals surface area contributed by atoms with Crippen LogP contribution in [0.1, 0.15) is 11.1 Å². The molecule has 0 aliphatic rings. The number of nitrogen functional groups attached to an aromatic ring is 1. The Morgan fingerprint density at radius 3 is 2.87 bits per heavy atom. The number of esters is 1. The molecule has 0 saturated heterocycles. The van der Waals surface area contributed by atoms with E-state index in [1.807, 2.05) is 6.07 Å². The van der Waals surface area contributed by atoms with E-state index in [1.54, 1.807) is 0 Å². The second-order valence-corrected chi connectivity index (χ2v) is 2.90. The van der Waals surface area contributed by atoms with Crippen LogP contribution in [0.4, 0.5) is 10.1 Å². The first-order valence-electron chi connectivity index (χ1n) is 4.13. The van der Waals surface area contributed by atoms with Gasteiger partial charge < -0.3 is 10.5 Å². The summed E-state index contributed by atoms with van der Waals surface area (Å²) in [6, 6.07) is 4.11. The quantitative estimate of drug-likeness (QED) is 0.581. The van der Waals surface area contributed by atoms with Gasteiger partial charge in [0.05, 0.1) is 30.9 Å². The number of nitriles is 1. The van der Waals surface area contributed by atoms with Crippen molar-refractivity contribution in [3.8, 4) is 6.07 Å². The Kier molecular flexibility index (Phi) is 3.24. The molecule has 1 rings (SSSR count). The molecular formula is C10H9FN2O2. The Balaban J connectivity index is 3.12. The molecule has 4 nitrogen and oxygen atoms in total. The molecule has 0 aliphatic heterocycles. The molecule has 15 heavy (non-hydrogen) atoms. The zero-order valence-electron chi connectivity index (χ0n) is 8.08. The van der Waals surface area contributed by atoms with Crippen LogP contribution in [0, 0.1) is 17.1 Å². The summed E-state index contributed by atoms with van der Waals surface area (Å²) in [7, 11) is 1.22. The number of rotatable bonds is 2. The molecule has 0 spiro atoms. The van der Waals surface area contributed by atoms with Crippen molar-refractivity contribution in [2.75, 3.05) is 12.8 Å². The molecule has 0 heterocycles. The summed E-state index contributed by atoms with van der Waals surface area (Å²) in [5.74, 6) is -1.18. The summed E-state index contributed by atoms with van der Waals surface area (Å²) in [5.41, 5.74) is 5.63. The maximum atomic E-state index is 13.1. The summed E-state index contributed by atoms with van der Waals surface area (Å²) >= 11 is 0. The SMILES string of the molecule is COC(=O)Cc1cc(F)c(N)cc1C#N. The largest absolute Gasteiger partial charge is 0.469 e. The van der Waals surface area contributed by atoms with E-state index in [0.29, 0.717) is 0 Å². The number of methoxy groups -OCH3 is 1. The zero-order valence-corrected chi connectivity index (χ0v) is 8.08. The molecule has 0 radical (unpaired) electrons. The molecular weight excluding hydrogens is 199 g/mol. The van der Waals surface area contributed by atoms with Gasteiger partial charge >= 0.3 is 5.97 Å². The number of hydrogen-bond acceptors (Lipinski definition) is 4. The van der Waals surface area contributed by atoms with Gasteiger partial charge in [0.1, 0.15) is 5.82 Å². The van der Waals surface area contributed by atoms with E-state index in [-0.39, 0.29) is 23.2 Å². The highest BCUT2D eigenvalue weighted by atomic mass is 19.1. The third-order valence-corrected chi connectivity index (χ3v) is 1.91. The van der Waals surface area contributed by atoms with Gasteiger partial charge in [-0.15, -0.1) is 0 Å². The van der Waals surface area contributed by atoms with Gasteiger partial charge in [-0.3, -0.25) is 4.79 Å². The molecule has 0 unspecified atom stereocenters. The molecule has 2 N–H and O–H groups in total. The zero-order chi connectivity index (χ0) is 11.4. The van der Waals surface area contributed by atoms with Gasteiger partial charge in [-0.1, -0.05) is 0 Å². The normalized spacial score (nSPS) is 9.40. The first-order chi connectivity index (χ1) is 7.08. The summed E-state index contributed by atoms with van der Waals surface area (Å²) in [6.45, 7) is 0. The van der Waals surface area contributed by atoms with Crippen LogP contribution in [0.5, 0.6) is 0 Å². The van der Waals surface area contributed by atoms with Crippen LogP contribution in [-0.2, 0) is 16.0 Å². The average Bonchev–Trinajstić information content (AvgIpc) is 2.22. The number of nitrogens with two attached hydrogens (primary N) is 1. The van der Waals surface area contributed by atoms with Crippen molar-refractivity contribution >= 4 is 11.7 Å². The monoisotopic (exact) mass is 208 g/mol. The lowest BCUT2D eigenvalue weighted by Gasteiger charge is -2.04. The third-order valence-electron chi connectivity index (χ3n) is 1.91. The standard InChI is InChI=1S/C10H9FN2O2/c1-15-10(14)4-6-2-8(11)9(13)3-7(6)5-12/h2-3H,4,13H2,1H3. The molecule has 0 atom stereocenters. The minimum absolute atomic E-state index is 0.111. The molecule has 0 aromatic heterocycles. The fraction of sp³-hybridized carbons (Fsp3) is 0.200. The van der Waals surface area contributed by atoms with Crippen LogP contribution in [-0.4, -0.2) is 13.1 Å². The van der Waals surface area contributed by atoms with Crippen molar-refractivity contribution in [1.29, 1.82) is 5.26 Å². The van der Waals surface area contributed by atoms with Gasteiger partial charge in [0.15, 0.2) is 0 Å². The lowest BCUT2D eigenvalue weighted by atomic mass is 10.0. The van der Waals surface area contributed by atoms with E-state index in [9.17, 15) is 9.18 Å². The Morgan fingerprint density at radius 1 is 1.67 bits per heavy atom. The predicted octanol–water partition coefficient (Wildman–Crippen LogP) is 0.995. The Morgan fingerprint density at radius 2 is 2.33 bits per heavy atom. The van der Waals surface area contributed by atoms with Gasteiger partial charge in [0.25, 0.3) is 0 Å². The molecule has 0 aliphatic carbocycles. The van der Waals surface area contributed by atoms with Crippen molar-refractivity contribution in [3.05, 3.63) is 29.1 Å². The minimum Gasteiger partial charge on any atom is -0.469 e. The van der Waals surface area contributed by atoms with Gasteiger partial charge in [0, 0.05) is 0 Å². The van der Waals surface area contributed by atoms with Crippen LogP contribution >= 0.6 is 0 Å². The molecule has 0 saturated carbocycles. The Bertz CT molecular complexity index is 438. The van der Waals surface area contributed by atoms with Crippen LogP contribution in [0.3, 0.4) is 0 Å². The Labute approximate surface area is 86.1 Å². The smallest absolute Gasteiger partial charge is 0.310 e. The highest BCUT2D eigenvalue weighted by molar-refractivity contribution is 5.74. The number of hydrogen-bond donors (Lipinski definition) is 1. The third kappa shape index (κ3) is 2.44. The van der Waals surface area contributed by atoms with Crippen molar-refractivity contribution in [2.24, 2.45) is 0 Å². The molecule has 5 heteroatoms. The summed E-state index contributed by atoms with van der Waals surface area (Å²) in [4.78, 5) is 11.0. The number of carbonyl (C=O) groups excluding carboxylic acids is 1. The number of nitrogens with zero attached hydrogens (tertiary/aromatic N) is 1.